The van der Waals surface area contributed by atoms with Gasteiger partial charge in [-0.05, 0) is 48.0 Å². The minimum absolute atomic E-state index is 0.443. The Morgan fingerprint density at radius 3 is 2.78 bits per heavy atom. The van der Waals surface area contributed by atoms with Gasteiger partial charge in [-0.1, -0.05) is 0 Å². The van der Waals surface area contributed by atoms with E-state index in [9.17, 15) is 4.79 Å². The Morgan fingerprint density at radius 2 is 2.22 bits per heavy atom. The molecule has 2 aromatic rings. The molecule has 5 heteroatoms. The Kier molecular flexibility index (Phi) is 4.14. The molecule has 0 saturated heterocycles. The number of rotatable bonds is 4. The number of halogens is 1. The summed E-state index contributed by atoms with van der Waals surface area (Å²) in [5, 5.41) is 0.955. The third kappa shape index (κ3) is 2.97. The molecule has 94 valence electrons. The van der Waals surface area contributed by atoms with Crippen LogP contribution in [0.3, 0.4) is 0 Å². The molecule has 0 aliphatic carbocycles. The van der Waals surface area contributed by atoms with E-state index in [1.807, 2.05) is 13.8 Å². The van der Waals surface area contributed by atoms with Crippen LogP contribution in [0.2, 0.25) is 0 Å². The fraction of sp³-hybridized carbons (Fsp3) is 0.231. The number of nitrogens with zero attached hydrogens (tertiary/aromatic N) is 1. The first-order valence-corrected chi connectivity index (χ1v) is 7.01. The topological polar surface area (TPSA) is 39.2 Å². The number of aldehydes is 1. The number of hydrogen-bond donors (Lipinski definition) is 0. The highest BCUT2D eigenvalue weighted by Crippen LogP contribution is 2.27. The van der Waals surface area contributed by atoms with Crippen LogP contribution in [0.1, 0.15) is 25.9 Å². The number of ether oxygens (including phenoxy) is 1. The Labute approximate surface area is 118 Å². The molecule has 0 amide bonds. The summed E-state index contributed by atoms with van der Waals surface area (Å²) >= 11 is 5.02. The maximum absolute atomic E-state index is 10.6. The summed E-state index contributed by atoms with van der Waals surface area (Å²) in [7, 11) is 0. The van der Waals surface area contributed by atoms with Gasteiger partial charge in [0, 0.05) is 10.4 Å². The SMILES string of the molecule is Cc1nc(COc2ccc(C=O)cc2Br)sc1C. The second kappa shape index (κ2) is 5.63. The molecule has 18 heavy (non-hydrogen) atoms. The quantitative estimate of drug-likeness (QED) is 0.800. The summed E-state index contributed by atoms with van der Waals surface area (Å²) in [6.07, 6.45) is 0.808. The van der Waals surface area contributed by atoms with Crippen molar-refractivity contribution in [1.82, 2.24) is 4.98 Å². The van der Waals surface area contributed by atoms with Gasteiger partial charge in [0.25, 0.3) is 0 Å². The molecule has 0 spiro atoms. The Balaban J connectivity index is 2.08. The number of aromatic nitrogens is 1. The molecule has 0 radical (unpaired) electrons. The van der Waals surface area contributed by atoms with Crippen LogP contribution in [0.4, 0.5) is 0 Å². The van der Waals surface area contributed by atoms with E-state index in [1.54, 1.807) is 29.5 Å². The van der Waals surface area contributed by atoms with Gasteiger partial charge in [-0.2, -0.15) is 0 Å². The minimum atomic E-state index is 0.443. The summed E-state index contributed by atoms with van der Waals surface area (Å²) < 4.78 is 6.45. The van der Waals surface area contributed by atoms with Crippen molar-refractivity contribution in [2.24, 2.45) is 0 Å². The fourth-order valence-electron chi connectivity index (χ4n) is 1.45. The zero-order valence-corrected chi connectivity index (χ0v) is 12.5. The van der Waals surface area contributed by atoms with Gasteiger partial charge in [0.15, 0.2) is 0 Å². The van der Waals surface area contributed by atoms with Crippen LogP contribution in [0.25, 0.3) is 0 Å². The standard InChI is InChI=1S/C13H12BrNO2S/c1-8-9(2)18-13(15-8)7-17-12-4-3-10(6-16)5-11(12)14/h3-6H,7H2,1-2H3. The van der Waals surface area contributed by atoms with E-state index in [-0.39, 0.29) is 0 Å². The van der Waals surface area contributed by atoms with Crippen molar-refractivity contribution < 1.29 is 9.53 Å². The number of benzene rings is 1. The molecule has 0 N–H and O–H groups in total. The van der Waals surface area contributed by atoms with Gasteiger partial charge >= 0.3 is 0 Å². The molecule has 0 atom stereocenters. The third-order valence-electron chi connectivity index (χ3n) is 2.52. The number of carbonyl (C=O) groups excluding carboxylic acids is 1. The number of carbonyl (C=O) groups is 1. The van der Waals surface area contributed by atoms with Gasteiger partial charge in [-0.3, -0.25) is 4.79 Å². The first-order chi connectivity index (χ1) is 8.60. The average molecular weight is 326 g/mol. The van der Waals surface area contributed by atoms with Gasteiger partial charge in [0.2, 0.25) is 0 Å². The molecule has 0 aliphatic rings. The van der Waals surface area contributed by atoms with E-state index >= 15 is 0 Å². The molecule has 0 saturated carbocycles. The Hall–Kier alpha value is -1.20. The molecule has 0 aliphatic heterocycles. The molecule has 1 aromatic heterocycles. The number of aryl methyl sites for hydroxylation is 2. The maximum Gasteiger partial charge on any atom is 0.150 e. The highest BCUT2D eigenvalue weighted by Gasteiger charge is 2.06. The van der Waals surface area contributed by atoms with Gasteiger partial charge in [-0.15, -0.1) is 11.3 Å². The van der Waals surface area contributed by atoms with Gasteiger partial charge < -0.3 is 4.74 Å². The Bertz CT molecular complexity index is 561. The van der Waals surface area contributed by atoms with E-state index in [2.05, 4.69) is 20.9 Å². The van der Waals surface area contributed by atoms with Crippen molar-refractivity contribution in [2.45, 2.75) is 20.5 Å². The lowest BCUT2D eigenvalue weighted by Gasteiger charge is -2.06. The lowest BCUT2D eigenvalue weighted by molar-refractivity contribution is 0.112. The maximum atomic E-state index is 10.6. The van der Waals surface area contributed by atoms with Crippen LogP contribution in [-0.2, 0) is 6.61 Å². The van der Waals surface area contributed by atoms with Crippen molar-refractivity contribution in [3.05, 3.63) is 43.8 Å². The monoisotopic (exact) mass is 325 g/mol. The van der Waals surface area contributed by atoms with Crippen molar-refractivity contribution in [3.8, 4) is 5.75 Å². The smallest absolute Gasteiger partial charge is 0.150 e. The van der Waals surface area contributed by atoms with E-state index in [0.29, 0.717) is 17.9 Å². The molecule has 0 bridgehead atoms. The van der Waals surface area contributed by atoms with Crippen molar-refractivity contribution >= 4 is 33.6 Å². The average Bonchev–Trinajstić information content (AvgIpc) is 2.67. The molecular formula is C13H12BrNO2S. The minimum Gasteiger partial charge on any atom is -0.485 e. The van der Waals surface area contributed by atoms with Crippen molar-refractivity contribution in [1.29, 1.82) is 0 Å². The number of hydrogen-bond acceptors (Lipinski definition) is 4. The van der Waals surface area contributed by atoms with Crippen LogP contribution in [0.15, 0.2) is 22.7 Å². The van der Waals surface area contributed by atoms with E-state index in [1.165, 1.54) is 4.88 Å². The van der Waals surface area contributed by atoms with E-state index in [0.717, 1.165) is 21.5 Å². The second-order valence-corrected chi connectivity index (χ2v) is 5.99. The highest BCUT2D eigenvalue weighted by molar-refractivity contribution is 9.10. The van der Waals surface area contributed by atoms with Crippen LogP contribution in [-0.4, -0.2) is 11.3 Å². The zero-order chi connectivity index (χ0) is 13.1. The predicted octanol–water partition coefficient (Wildman–Crippen LogP) is 3.91. The second-order valence-electron chi connectivity index (χ2n) is 3.85. The van der Waals surface area contributed by atoms with Gasteiger partial charge in [-0.25, -0.2) is 4.98 Å². The number of thiazole rings is 1. The molecule has 3 nitrogen and oxygen atoms in total. The first kappa shape index (κ1) is 13.2. The predicted molar refractivity (Wildman–Crippen MR) is 75.4 cm³/mol. The van der Waals surface area contributed by atoms with Gasteiger partial charge in [0.05, 0.1) is 10.2 Å². The highest BCUT2D eigenvalue weighted by atomic mass is 79.9. The molecule has 0 fully saturated rings. The molecule has 1 heterocycles. The summed E-state index contributed by atoms with van der Waals surface area (Å²) in [4.78, 5) is 16.2. The van der Waals surface area contributed by atoms with Crippen LogP contribution in [0.5, 0.6) is 5.75 Å². The zero-order valence-electron chi connectivity index (χ0n) is 10.1. The summed E-state index contributed by atoms with van der Waals surface area (Å²) in [6, 6.07) is 5.24. The van der Waals surface area contributed by atoms with Gasteiger partial charge in [0.1, 0.15) is 23.7 Å². The van der Waals surface area contributed by atoms with Crippen LogP contribution >= 0.6 is 27.3 Å². The molecular weight excluding hydrogens is 314 g/mol. The van der Waals surface area contributed by atoms with Crippen molar-refractivity contribution in [2.75, 3.05) is 0 Å². The van der Waals surface area contributed by atoms with E-state index < -0.39 is 0 Å². The molecule has 1 aromatic carbocycles. The van der Waals surface area contributed by atoms with E-state index in [4.69, 9.17) is 4.74 Å². The largest absolute Gasteiger partial charge is 0.485 e. The summed E-state index contributed by atoms with van der Waals surface area (Å²) in [6.45, 7) is 4.48. The Morgan fingerprint density at radius 1 is 1.44 bits per heavy atom. The lowest BCUT2D eigenvalue weighted by Crippen LogP contribution is -1.96. The fourth-order valence-corrected chi connectivity index (χ4v) is 2.81. The van der Waals surface area contributed by atoms with Crippen LogP contribution < -0.4 is 4.74 Å². The van der Waals surface area contributed by atoms with Crippen molar-refractivity contribution in [3.63, 3.8) is 0 Å². The summed E-state index contributed by atoms with van der Waals surface area (Å²) in [5.41, 5.74) is 1.67. The third-order valence-corrected chi connectivity index (χ3v) is 4.18. The normalized spacial score (nSPS) is 10.4. The molecule has 0 unspecified atom stereocenters. The molecule has 2 rings (SSSR count). The summed E-state index contributed by atoms with van der Waals surface area (Å²) in [5.74, 6) is 0.714. The van der Waals surface area contributed by atoms with Crippen LogP contribution in [0, 0.1) is 13.8 Å². The first-order valence-electron chi connectivity index (χ1n) is 5.40. The lowest BCUT2D eigenvalue weighted by atomic mass is 10.2.